The summed E-state index contributed by atoms with van der Waals surface area (Å²) in [7, 11) is 0.688. The number of nitrogens with one attached hydrogen (secondary N) is 1. The van der Waals surface area contributed by atoms with E-state index in [4.69, 9.17) is 0 Å². The Kier molecular flexibility index (Phi) is 5.17. The van der Waals surface area contributed by atoms with Crippen molar-refractivity contribution in [2.75, 3.05) is 46.8 Å². The average molecular weight is 249 g/mol. The molecule has 5 nitrogen and oxygen atoms in total. The number of hydrogen-bond donors (Lipinski definition) is 1. The van der Waals surface area contributed by atoms with E-state index in [0.29, 0.717) is 19.6 Å². The molecule has 0 aromatic rings. The number of hydrogen-bond acceptors (Lipinski definition) is 4. The first-order valence-electron chi connectivity index (χ1n) is 5.80. The molecule has 96 valence electrons. The van der Waals surface area contributed by atoms with E-state index in [0.717, 1.165) is 19.5 Å². The predicted octanol–water partition coefficient (Wildman–Crippen LogP) is -0.438. The highest BCUT2D eigenvalue weighted by Crippen LogP contribution is 2.11. The zero-order valence-electron chi connectivity index (χ0n) is 10.4. The number of likely N-dealkylation sites (N-methyl/N-ethyl adjacent to an activating group) is 1. The van der Waals surface area contributed by atoms with Gasteiger partial charge in [0, 0.05) is 26.2 Å². The lowest BCUT2D eigenvalue weighted by atomic mass is 10.4. The molecule has 1 N–H and O–H groups in total. The Morgan fingerprint density at radius 1 is 1.25 bits per heavy atom. The Bertz CT molecular complexity index is 305. The standard InChI is InChI=1S/C10H23N3O2S/c1-10(9-11-2)16(14,15)13-6-4-5-12(3)7-8-13/h10-11H,4-9H2,1-3H3. The van der Waals surface area contributed by atoms with E-state index >= 15 is 0 Å². The lowest BCUT2D eigenvalue weighted by Crippen LogP contribution is -2.43. The van der Waals surface area contributed by atoms with Crippen molar-refractivity contribution in [3.05, 3.63) is 0 Å². The summed E-state index contributed by atoms with van der Waals surface area (Å²) in [5.74, 6) is 0. The molecule has 0 radical (unpaired) electrons. The lowest BCUT2D eigenvalue weighted by molar-refractivity contribution is 0.346. The van der Waals surface area contributed by atoms with Crippen molar-refractivity contribution in [1.82, 2.24) is 14.5 Å². The molecule has 0 aromatic carbocycles. The molecule has 1 atom stereocenters. The molecule has 1 heterocycles. The summed E-state index contributed by atoms with van der Waals surface area (Å²) in [6, 6.07) is 0. The minimum absolute atomic E-state index is 0.346. The SMILES string of the molecule is CNCC(C)S(=O)(=O)N1CCCN(C)CC1. The number of rotatable bonds is 4. The maximum absolute atomic E-state index is 12.2. The summed E-state index contributed by atoms with van der Waals surface area (Å²) in [5, 5.41) is 2.57. The van der Waals surface area contributed by atoms with Crippen LogP contribution in [0, 0.1) is 0 Å². The van der Waals surface area contributed by atoms with Crippen LogP contribution in [0.3, 0.4) is 0 Å². The number of nitrogens with zero attached hydrogens (tertiary/aromatic N) is 2. The third-order valence-electron chi connectivity index (χ3n) is 3.04. The molecule has 1 unspecified atom stereocenters. The molecule has 1 aliphatic heterocycles. The molecule has 1 aliphatic rings. The van der Waals surface area contributed by atoms with Gasteiger partial charge in [-0.3, -0.25) is 0 Å². The largest absolute Gasteiger partial charge is 0.318 e. The van der Waals surface area contributed by atoms with Crippen LogP contribution in [-0.2, 0) is 10.0 Å². The van der Waals surface area contributed by atoms with Crippen LogP contribution in [0.1, 0.15) is 13.3 Å². The summed E-state index contributed by atoms with van der Waals surface area (Å²) in [6.45, 7) is 5.35. The minimum Gasteiger partial charge on any atom is -0.318 e. The molecule has 0 aromatic heterocycles. The molecule has 16 heavy (non-hydrogen) atoms. The van der Waals surface area contributed by atoms with Crippen LogP contribution < -0.4 is 5.32 Å². The molecule has 1 rings (SSSR count). The van der Waals surface area contributed by atoms with Gasteiger partial charge in [-0.2, -0.15) is 0 Å². The smallest absolute Gasteiger partial charge is 0.218 e. The van der Waals surface area contributed by atoms with E-state index in [1.165, 1.54) is 0 Å². The predicted molar refractivity (Wildman–Crippen MR) is 66.0 cm³/mol. The maximum atomic E-state index is 12.2. The third-order valence-corrected chi connectivity index (χ3v) is 5.31. The highest BCUT2D eigenvalue weighted by Gasteiger charge is 2.29. The Morgan fingerprint density at radius 3 is 2.56 bits per heavy atom. The van der Waals surface area contributed by atoms with Crippen LogP contribution in [0.2, 0.25) is 0 Å². The molecule has 1 saturated heterocycles. The Labute approximate surface area is 98.8 Å². The first kappa shape index (κ1) is 13.9. The van der Waals surface area contributed by atoms with Crippen LogP contribution in [0.5, 0.6) is 0 Å². The molecular formula is C10H23N3O2S. The summed E-state index contributed by atoms with van der Waals surface area (Å²) in [6.07, 6.45) is 0.919. The van der Waals surface area contributed by atoms with Gasteiger partial charge < -0.3 is 10.2 Å². The van der Waals surface area contributed by atoms with Gasteiger partial charge in [0.2, 0.25) is 10.0 Å². The third kappa shape index (κ3) is 3.41. The van der Waals surface area contributed by atoms with Crippen LogP contribution in [0.4, 0.5) is 0 Å². The fraction of sp³-hybridized carbons (Fsp3) is 1.00. The van der Waals surface area contributed by atoms with Gasteiger partial charge >= 0.3 is 0 Å². The second kappa shape index (κ2) is 5.95. The van der Waals surface area contributed by atoms with E-state index in [9.17, 15) is 8.42 Å². The number of sulfonamides is 1. The lowest BCUT2D eigenvalue weighted by Gasteiger charge is -2.24. The molecule has 1 fully saturated rings. The molecular weight excluding hydrogens is 226 g/mol. The van der Waals surface area contributed by atoms with Crippen LogP contribution in [-0.4, -0.2) is 69.7 Å². The first-order chi connectivity index (χ1) is 7.48. The first-order valence-corrected chi connectivity index (χ1v) is 7.31. The van der Waals surface area contributed by atoms with Gasteiger partial charge in [-0.15, -0.1) is 0 Å². The van der Waals surface area contributed by atoms with E-state index in [-0.39, 0.29) is 5.25 Å². The molecule has 0 saturated carbocycles. The van der Waals surface area contributed by atoms with Crippen molar-refractivity contribution in [2.45, 2.75) is 18.6 Å². The topological polar surface area (TPSA) is 52.7 Å². The van der Waals surface area contributed by atoms with Crippen LogP contribution in [0.25, 0.3) is 0 Å². The highest BCUT2D eigenvalue weighted by molar-refractivity contribution is 7.89. The zero-order chi connectivity index (χ0) is 12.2. The second-order valence-corrected chi connectivity index (χ2v) is 6.82. The quantitative estimate of drug-likeness (QED) is 0.734. The van der Waals surface area contributed by atoms with Crippen molar-refractivity contribution in [1.29, 1.82) is 0 Å². The Balaban J connectivity index is 2.67. The van der Waals surface area contributed by atoms with Gasteiger partial charge in [0.1, 0.15) is 0 Å². The van der Waals surface area contributed by atoms with Gasteiger partial charge in [0.25, 0.3) is 0 Å². The van der Waals surface area contributed by atoms with Crippen LogP contribution >= 0.6 is 0 Å². The van der Waals surface area contributed by atoms with Crippen LogP contribution in [0.15, 0.2) is 0 Å². The maximum Gasteiger partial charge on any atom is 0.218 e. The molecule has 0 amide bonds. The fourth-order valence-electron chi connectivity index (χ4n) is 1.92. The normalized spacial score (nSPS) is 22.9. The van der Waals surface area contributed by atoms with Gasteiger partial charge in [-0.05, 0) is 34.0 Å². The summed E-state index contributed by atoms with van der Waals surface area (Å²) >= 11 is 0. The summed E-state index contributed by atoms with van der Waals surface area (Å²) < 4.78 is 26.0. The van der Waals surface area contributed by atoms with Crippen molar-refractivity contribution in [3.63, 3.8) is 0 Å². The molecule has 0 spiro atoms. The van der Waals surface area contributed by atoms with E-state index in [1.807, 2.05) is 7.05 Å². The van der Waals surface area contributed by atoms with Crippen molar-refractivity contribution < 1.29 is 8.42 Å². The van der Waals surface area contributed by atoms with Gasteiger partial charge in [0.05, 0.1) is 5.25 Å². The minimum atomic E-state index is -3.13. The molecule has 0 aliphatic carbocycles. The zero-order valence-corrected chi connectivity index (χ0v) is 11.3. The van der Waals surface area contributed by atoms with Crippen molar-refractivity contribution in [3.8, 4) is 0 Å². The second-order valence-electron chi connectivity index (χ2n) is 4.47. The molecule has 0 bridgehead atoms. The summed E-state index contributed by atoms with van der Waals surface area (Å²) in [5.41, 5.74) is 0. The fourth-order valence-corrected chi connectivity index (χ4v) is 3.53. The van der Waals surface area contributed by atoms with Crippen molar-refractivity contribution >= 4 is 10.0 Å². The Morgan fingerprint density at radius 2 is 1.94 bits per heavy atom. The molecule has 6 heteroatoms. The van der Waals surface area contributed by atoms with Gasteiger partial charge in [-0.1, -0.05) is 0 Å². The van der Waals surface area contributed by atoms with E-state index in [2.05, 4.69) is 10.2 Å². The van der Waals surface area contributed by atoms with Crippen molar-refractivity contribution in [2.24, 2.45) is 0 Å². The van der Waals surface area contributed by atoms with Gasteiger partial charge in [0.15, 0.2) is 0 Å². The van der Waals surface area contributed by atoms with Gasteiger partial charge in [-0.25, -0.2) is 12.7 Å². The Hall–Kier alpha value is -0.170. The monoisotopic (exact) mass is 249 g/mol. The van der Waals surface area contributed by atoms with E-state index < -0.39 is 10.0 Å². The van der Waals surface area contributed by atoms with E-state index in [1.54, 1.807) is 18.3 Å². The average Bonchev–Trinajstić information content (AvgIpc) is 2.43. The highest BCUT2D eigenvalue weighted by atomic mass is 32.2. The summed E-state index contributed by atoms with van der Waals surface area (Å²) in [4.78, 5) is 2.18.